The van der Waals surface area contributed by atoms with Gasteiger partial charge in [-0.3, -0.25) is 0 Å². The molecule has 1 aromatic carbocycles. The van der Waals surface area contributed by atoms with E-state index in [0.717, 1.165) is 5.69 Å². The van der Waals surface area contributed by atoms with E-state index in [2.05, 4.69) is 3.34 Å². The van der Waals surface area contributed by atoms with Gasteiger partial charge in [0.15, 0.2) is 0 Å². The molecule has 0 heterocycles. The van der Waals surface area contributed by atoms with E-state index in [-0.39, 0.29) is 0 Å². The summed E-state index contributed by atoms with van der Waals surface area (Å²) in [7, 11) is 16.9. The van der Waals surface area contributed by atoms with Crippen LogP contribution >= 0.6 is 27.6 Å². The first-order chi connectivity index (χ1) is 5.08. The van der Waals surface area contributed by atoms with Crippen LogP contribution in [0.25, 0.3) is 0 Å². The Hall–Kier alpha value is 0.630. The molecule has 0 bridgehead atoms. The number of hydrogen-bond donors (Lipinski definition) is 0. The normalized spacial score (nSPS) is 11.2. The van der Waals surface area contributed by atoms with E-state index in [1.165, 1.54) is 0 Å². The molecule has 0 N–H and O–H groups in total. The Bertz CT molecular complexity index is 271. The first kappa shape index (κ1) is 9.72. The fraction of sp³-hybridized carbons (Fsp3) is 0. The van der Waals surface area contributed by atoms with Crippen LogP contribution in [-0.4, -0.2) is 0 Å². The summed E-state index contributed by atoms with van der Waals surface area (Å²) in [6.45, 7) is 0. The van der Waals surface area contributed by atoms with Crippen LogP contribution in [-0.2, 0) is 13.7 Å². The predicted octanol–water partition coefficient (Wildman–Crippen LogP) is 4.12. The Labute approximate surface area is 80.1 Å². The molecule has 0 spiro atoms. The molecule has 0 unspecified atom stereocenters. The van der Waals surface area contributed by atoms with Gasteiger partial charge in [-0.1, -0.05) is 0 Å². The maximum absolute atomic E-state index is 5.65. The molecule has 11 heavy (non-hydrogen) atoms. The average Bonchev–Trinajstić information content (AvgIpc) is 1.85. The Balaban J connectivity index is 2.98. The van der Waals surface area contributed by atoms with Crippen molar-refractivity contribution >= 4 is 33.3 Å². The van der Waals surface area contributed by atoms with Gasteiger partial charge in [-0.05, 0) is 0 Å². The van der Waals surface area contributed by atoms with E-state index in [1.54, 1.807) is 0 Å². The monoisotopic (exact) mass is 377 g/mol. The Morgan fingerprint density at radius 2 is 1.55 bits per heavy atom. The number of benzene rings is 1. The molecule has 0 fully saturated rings. The second-order valence-electron chi connectivity index (χ2n) is 1.85. The zero-order valence-electron chi connectivity index (χ0n) is 5.42. The zero-order valence-corrected chi connectivity index (χ0v) is 10.9. The molecular formula is C6H5Cl3NTa. The fourth-order valence-electron chi connectivity index (χ4n) is 0.626. The molecule has 1 rings (SSSR count). The van der Waals surface area contributed by atoms with Crippen LogP contribution < -0.4 is 0 Å². The molecule has 0 aliphatic heterocycles. The van der Waals surface area contributed by atoms with E-state index in [1.807, 2.05) is 30.3 Å². The van der Waals surface area contributed by atoms with Crippen LogP contribution in [0, 0.1) is 0 Å². The number of hydrogen-bond acceptors (Lipinski definition) is 1. The molecule has 0 radical (unpaired) electrons. The number of halogens is 3. The Kier molecular flexibility index (Phi) is 3.56. The maximum atomic E-state index is 5.65. The van der Waals surface area contributed by atoms with Crippen LogP contribution in [0.3, 0.4) is 0 Å². The second kappa shape index (κ2) is 4.04. The molecular weight excluding hydrogens is 373 g/mol. The Morgan fingerprint density at radius 3 is 2.00 bits per heavy atom. The van der Waals surface area contributed by atoms with Gasteiger partial charge < -0.3 is 0 Å². The van der Waals surface area contributed by atoms with Gasteiger partial charge in [0.1, 0.15) is 0 Å². The summed E-state index contributed by atoms with van der Waals surface area (Å²) >= 11 is -3.57. The van der Waals surface area contributed by atoms with Crippen LogP contribution in [0.5, 0.6) is 0 Å². The van der Waals surface area contributed by atoms with Gasteiger partial charge in [0.2, 0.25) is 0 Å². The van der Waals surface area contributed by atoms with Gasteiger partial charge in [0.05, 0.1) is 0 Å². The van der Waals surface area contributed by atoms with E-state index in [9.17, 15) is 0 Å². The molecule has 0 aromatic heterocycles. The molecule has 0 saturated heterocycles. The van der Waals surface area contributed by atoms with Crippen molar-refractivity contribution in [1.82, 2.24) is 0 Å². The molecule has 0 aliphatic rings. The summed E-state index contributed by atoms with van der Waals surface area (Å²) in [5.74, 6) is 0. The summed E-state index contributed by atoms with van der Waals surface area (Å²) in [4.78, 5) is 0. The summed E-state index contributed by atoms with van der Waals surface area (Å²) in [5.41, 5.74) is 0.755. The molecule has 0 aliphatic carbocycles. The van der Waals surface area contributed by atoms with Gasteiger partial charge in [0.25, 0.3) is 0 Å². The SMILES string of the molecule is [Cl][Ta]([Cl])([Cl])=[N]c1ccccc1. The van der Waals surface area contributed by atoms with Crippen molar-refractivity contribution in [3.63, 3.8) is 0 Å². The van der Waals surface area contributed by atoms with E-state index >= 15 is 0 Å². The predicted molar refractivity (Wildman–Crippen MR) is 46.1 cm³/mol. The summed E-state index contributed by atoms with van der Waals surface area (Å²) in [5, 5.41) is 0. The van der Waals surface area contributed by atoms with Gasteiger partial charge in [-0.15, -0.1) is 0 Å². The topological polar surface area (TPSA) is 12.4 Å². The van der Waals surface area contributed by atoms with E-state index in [0.29, 0.717) is 0 Å². The molecule has 1 nitrogen and oxygen atoms in total. The molecule has 0 saturated carbocycles. The van der Waals surface area contributed by atoms with Crippen molar-refractivity contribution in [3.05, 3.63) is 30.3 Å². The third kappa shape index (κ3) is 4.26. The quantitative estimate of drug-likeness (QED) is 0.697. The van der Waals surface area contributed by atoms with Crippen molar-refractivity contribution < 1.29 is 13.7 Å². The molecule has 0 atom stereocenters. The van der Waals surface area contributed by atoms with Crippen LogP contribution in [0.1, 0.15) is 0 Å². The fourth-order valence-corrected chi connectivity index (χ4v) is 4.19. The first-order valence-electron chi connectivity index (χ1n) is 2.84. The van der Waals surface area contributed by atoms with Crippen molar-refractivity contribution in [2.24, 2.45) is 3.34 Å². The number of nitrogens with zero attached hydrogens (tertiary/aromatic N) is 1. The zero-order chi connectivity index (χ0) is 8.32. The van der Waals surface area contributed by atoms with E-state index < -0.39 is 13.7 Å². The third-order valence-corrected chi connectivity index (χ3v) is 4.49. The van der Waals surface area contributed by atoms with Crippen molar-refractivity contribution in [1.29, 1.82) is 0 Å². The third-order valence-electron chi connectivity index (χ3n) is 0.985. The van der Waals surface area contributed by atoms with Crippen LogP contribution in [0.15, 0.2) is 33.7 Å². The van der Waals surface area contributed by atoms with Crippen molar-refractivity contribution in [2.45, 2.75) is 0 Å². The van der Waals surface area contributed by atoms with Gasteiger partial charge in [-0.2, -0.15) is 0 Å². The van der Waals surface area contributed by atoms with Crippen molar-refractivity contribution in [3.8, 4) is 0 Å². The summed E-state index contributed by atoms with van der Waals surface area (Å²) in [6, 6.07) is 9.26. The average molecular weight is 378 g/mol. The van der Waals surface area contributed by atoms with Gasteiger partial charge >= 0.3 is 80.6 Å². The molecule has 60 valence electrons. The first-order valence-corrected chi connectivity index (χ1v) is 16.2. The standard InChI is InChI=1S/C6H5N.3ClH.Ta/c7-6-4-2-1-3-5-6;;;;/h1-5H;3*1H;/q;;;;+3/p-3. The van der Waals surface area contributed by atoms with Crippen LogP contribution in [0.2, 0.25) is 0 Å². The molecule has 1 aromatic rings. The second-order valence-corrected chi connectivity index (χ2v) is 21.8. The molecule has 0 amide bonds. The summed E-state index contributed by atoms with van der Waals surface area (Å²) < 4.78 is 4.00. The van der Waals surface area contributed by atoms with Gasteiger partial charge in [0, 0.05) is 0 Å². The van der Waals surface area contributed by atoms with Crippen molar-refractivity contribution in [2.75, 3.05) is 0 Å². The van der Waals surface area contributed by atoms with E-state index in [4.69, 9.17) is 27.6 Å². The minimum absolute atomic E-state index is 0.755. The minimum atomic E-state index is -3.57. The van der Waals surface area contributed by atoms with Gasteiger partial charge in [-0.25, -0.2) is 0 Å². The summed E-state index contributed by atoms with van der Waals surface area (Å²) in [6.07, 6.45) is 0. The van der Waals surface area contributed by atoms with Crippen LogP contribution in [0.4, 0.5) is 5.69 Å². The molecule has 5 heteroatoms. The number of rotatable bonds is 1. The Morgan fingerprint density at radius 1 is 1.00 bits per heavy atom.